The van der Waals surface area contributed by atoms with Crippen molar-refractivity contribution in [2.24, 2.45) is 0 Å². The second kappa shape index (κ2) is 5.07. The fourth-order valence-electron chi connectivity index (χ4n) is 1.85. The summed E-state index contributed by atoms with van der Waals surface area (Å²) in [4.78, 5) is 8.29. The maximum absolute atomic E-state index is 13.9. The summed E-state index contributed by atoms with van der Waals surface area (Å²) in [5.41, 5.74) is 0.699. The van der Waals surface area contributed by atoms with Gasteiger partial charge in [0.2, 0.25) is 0 Å². The largest absolute Gasteiger partial charge is 0.225 e. The molecular formula is C14H6BrClF2N2. The minimum absolute atomic E-state index is 0.132. The minimum Gasteiger partial charge on any atom is -0.225 e. The van der Waals surface area contributed by atoms with Crippen molar-refractivity contribution in [3.05, 3.63) is 57.7 Å². The molecule has 0 saturated heterocycles. The smallest absolute Gasteiger partial charge is 0.161 e. The molecule has 1 aromatic heterocycles. The summed E-state index contributed by atoms with van der Waals surface area (Å²) in [6.07, 6.45) is 0. The molecule has 0 unspecified atom stereocenters. The number of hydrogen-bond donors (Lipinski definition) is 0. The van der Waals surface area contributed by atoms with E-state index < -0.39 is 5.82 Å². The summed E-state index contributed by atoms with van der Waals surface area (Å²) >= 11 is 9.27. The number of benzene rings is 2. The lowest BCUT2D eigenvalue weighted by atomic mass is 10.2. The summed E-state index contributed by atoms with van der Waals surface area (Å²) in [7, 11) is 0. The Morgan fingerprint density at radius 1 is 1.00 bits per heavy atom. The van der Waals surface area contributed by atoms with Crippen molar-refractivity contribution in [2.75, 3.05) is 0 Å². The van der Waals surface area contributed by atoms with E-state index in [1.807, 2.05) is 0 Å². The van der Waals surface area contributed by atoms with Crippen LogP contribution in [-0.4, -0.2) is 9.97 Å². The van der Waals surface area contributed by atoms with E-state index in [-0.39, 0.29) is 22.3 Å². The zero-order valence-corrected chi connectivity index (χ0v) is 12.2. The van der Waals surface area contributed by atoms with Crippen molar-refractivity contribution < 1.29 is 8.78 Å². The van der Waals surface area contributed by atoms with Crippen LogP contribution in [0.15, 0.2) is 40.9 Å². The Morgan fingerprint density at radius 3 is 2.40 bits per heavy atom. The van der Waals surface area contributed by atoms with Crippen molar-refractivity contribution in [3.8, 4) is 11.4 Å². The molecule has 0 N–H and O–H groups in total. The SMILES string of the molecule is Fc1ccc(-c2nc(Cl)c3cc(Br)cc(F)c3n2)cc1. The van der Waals surface area contributed by atoms with E-state index in [1.165, 1.54) is 30.3 Å². The first-order valence-corrected chi connectivity index (χ1v) is 6.80. The second-order valence-electron chi connectivity index (χ2n) is 4.13. The Labute approximate surface area is 126 Å². The molecule has 0 bridgehead atoms. The third kappa shape index (κ3) is 2.39. The third-order valence-corrected chi connectivity index (χ3v) is 3.52. The quantitative estimate of drug-likeness (QED) is 0.575. The zero-order valence-electron chi connectivity index (χ0n) is 9.87. The number of rotatable bonds is 1. The molecule has 100 valence electrons. The average molecular weight is 356 g/mol. The highest BCUT2D eigenvalue weighted by molar-refractivity contribution is 9.10. The van der Waals surface area contributed by atoms with Crippen LogP contribution < -0.4 is 0 Å². The topological polar surface area (TPSA) is 25.8 Å². The van der Waals surface area contributed by atoms with Gasteiger partial charge in [-0.25, -0.2) is 18.7 Å². The van der Waals surface area contributed by atoms with Gasteiger partial charge in [0.05, 0.1) is 0 Å². The molecule has 20 heavy (non-hydrogen) atoms. The third-order valence-electron chi connectivity index (χ3n) is 2.77. The number of halogens is 4. The lowest BCUT2D eigenvalue weighted by molar-refractivity contribution is 0.628. The van der Waals surface area contributed by atoms with Crippen LogP contribution in [-0.2, 0) is 0 Å². The zero-order chi connectivity index (χ0) is 14.3. The molecule has 0 radical (unpaired) electrons. The van der Waals surface area contributed by atoms with E-state index in [1.54, 1.807) is 6.07 Å². The highest BCUT2D eigenvalue weighted by atomic mass is 79.9. The minimum atomic E-state index is -0.498. The lowest BCUT2D eigenvalue weighted by Crippen LogP contribution is -1.94. The van der Waals surface area contributed by atoms with E-state index >= 15 is 0 Å². The maximum Gasteiger partial charge on any atom is 0.161 e. The predicted molar refractivity (Wildman–Crippen MR) is 77.6 cm³/mol. The van der Waals surface area contributed by atoms with Gasteiger partial charge in [-0.1, -0.05) is 27.5 Å². The molecule has 0 aliphatic carbocycles. The molecule has 0 atom stereocenters. The van der Waals surface area contributed by atoms with E-state index in [2.05, 4.69) is 25.9 Å². The molecule has 6 heteroatoms. The van der Waals surface area contributed by atoms with Gasteiger partial charge in [0.1, 0.15) is 16.5 Å². The lowest BCUT2D eigenvalue weighted by Gasteiger charge is -2.06. The Kier molecular flexibility index (Phi) is 3.40. The van der Waals surface area contributed by atoms with Crippen molar-refractivity contribution in [2.45, 2.75) is 0 Å². The Balaban J connectivity index is 2.26. The highest BCUT2D eigenvalue weighted by Gasteiger charge is 2.12. The summed E-state index contributed by atoms with van der Waals surface area (Å²) in [6.45, 7) is 0. The van der Waals surface area contributed by atoms with Gasteiger partial charge in [-0.3, -0.25) is 0 Å². The molecule has 3 aromatic rings. The standard InChI is InChI=1S/C14H6BrClF2N2/c15-8-5-10-12(11(18)6-8)19-14(20-13(10)16)7-1-3-9(17)4-2-7/h1-6H. The normalized spacial score (nSPS) is 11.0. The first-order chi connectivity index (χ1) is 9.54. The van der Waals surface area contributed by atoms with Crippen molar-refractivity contribution in [3.63, 3.8) is 0 Å². The first-order valence-electron chi connectivity index (χ1n) is 5.63. The summed E-state index contributed by atoms with van der Waals surface area (Å²) in [5, 5.41) is 0.568. The van der Waals surface area contributed by atoms with Crippen LogP contribution in [0.25, 0.3) is 22.3 Å². The fraction of sp³-hybridized carbons (Fsp3) is 0. The van der Waals surface area contributed by atoms with Crippen LogP contribution >= 0.6 is 27.5 Å². The van der Waals surface area contributed by atoms with Gasteiger partial charge < -0.3 is 0 Å². The molecule has 0 spiro atoms. The van der Waals surface area contributed by atoms with E-state index in [4.69, 9.17) is 11.6 Å². The van der Waals surface area contributed by atoms with E-state index in [0.29, 0.717) is 15.4 Å². The first kappa shape index (κ1) is 13.4. The van der Waals surface area contributed by atoms with Gasteiger partial charge in [-0.15, -0.1) is 0 Å². The molecule has 2 aromatic carbocycles. The summed E-state index contributed by atoms with van der Waals surface area (Å²) < 4.78 is 27.4. The van der Waals surface area contributed by atoms with Crippen molar-refractivity contribution >= 4 is 38.4 Å². The molecule has 0 aliphatic rings. The number of hydrogen-bond acceptors (Lipinski definition) is 2. The molecule has 0 fully saturated rings. The van der Waals surface area contributed by atoms with Crippen LogP contribution in [0, 0.1) is 11.6 Å². The van der Waals surface area contributed by atoms with Gasteiger partial charge in [0.15, 0.2) is 11.6 Å². The van der Waals surface area contributed by atoms with Gasteiger partial charge >= 0.3 is 0 Å². The molecule has 3 rings (SSSR count). The van der Waals surface area contributed by atoms with Crippen LogP contribution in [0.4, 0.5) is 8.78 Å². The number of aromatic nitrogens is 2. The average Bonchev–Trinajstić information content (AvgIpc) is 2.40. The molecule has 0 aliphatic heterocycles. The van der Waals surface area contributed by atoms with Crippen LogP contribution in [0.3, 0.4) is 0 Å². The predicted octanol–water partition coefficient (Wildman–Crippen LogP) is 4.99. The van der Waals surface area contributed by atoms with Crippen LogP contribution in [0.1, 0.15) is 0 Å². The van der Waals surface area contributed by atoms with Gasteiger partial charge in [-0.05, 0) is 36.4 Å². The molecule has 2 nitrogen and oxygen atoms in total. The number of nitrogens with zero attached hydrogens (tertiary/aromatic N) is 2. The van der Waals surface area contributed by atoms with Crippen LogP contribution in [0.5, 0.6) is 0 Å². The van der Waals surface area contributed by atoms with Gasteiger partial charge in [0.25, 0.3) is 0 Å². The number of fused-ring (bicyclic) bond motifs is 1. The van der Waals surface area contributed by atoms with Gasteiger partial charge in [0, 0.05) is 15.4 Å². The molecule has 0 amide bonds. The summed E-state index contributed by atoms with van der Waals surface area (Å²) in [6, 6.07) is 8.56. The Morgan fingerprint density at radius 2 is 1.70 bits per heavy atom. The van der Waals surface area contributed by atoms with E-state index in [9.17, 15) is 8.78 Å². The highest BCUT2D eigenvalue weighted by Crippen LogP contribution is 2.29. The Hall–Kier alpha value is -1.59. The second-order valence-corrected chi connectivity index (χ2v) is 5.40. The maximum atomic E-state index is 13.9. The molecular weight excluding hydrogens is 350 g/mol. The van der Waals surface area contributed by atoms with Gasteiger partial charge in [-0.2, -0.15) is 0 Å². The monoisotopic (exact) mass is 354 g/mol. The molecule has 1 heterocycles. The van der Waals surface area contributed by atoms with Crippen molar-refractivity contribution in [1.29, 1.82) is 0 Å². The Bertz CT molecular complexity index is 806. The fourth-order valence-corrected chi connectivity index (χ4v) is 2.50. The summed E-state index contributed by atoms with van der Waals surface area (Å²) in [5.74, 6) is -0.610. The van der Waals surface area contributed by atoms with E-state index in [0.717, 1.165) is 0 Å². The van der Waals surface area contributed by atoms with Crippen molar-refractivity contribution in [1.82, 2.24) is 9.97 Å². The van der Waals surface area contributed by atoms with Crippen LogP contribution in [0.2, 0.25) is 5.15 Å². The molecule has 0 saturated carbocycles.